The zero-order valence-electron chi connectivity index (χ0n) is 10.7. The number of carbonyl (C=O) groups is 1. The Morgan fingerprint density at radius 2 is 1.95 bits per heavy atom. The standard InChI is InChI=1S/C15H14FNOS/c1-10-9-15(19-11(10)2)17-14(18)8-5-12-3-6-13(16)7-4-12/h3-9H,1-2H3,(H,17,18)/b8-5+. The summed E-state index contributed by atoms with van der Waals surface area (Å²) in [6.45, 7) is 4.03. The molecule has 0 unspecified atom stereocenters. The van der Waals surface area contributed by atoms with Crippen LogP contribution in [0.1, 0.15) is 16.0 Å². The van der Waals surface area contributed by atoms with Gasteiger partial charge in [0.1, 0.15) is 5.82 Å². The molecule has 0 atom stereocenters. The van der Waals surface area contributed by atoms with E-state index < -0.39 is 0 Å². The van der Waals surface area contributed by atoms with Crippen LogP contribution in [0.15, 0.2) is 36.4 Å². The summed E-state index contributed by atoms with van der Waals surface area (Å²) in [5, 5.41) is 3.64. The summed E-state index contributed by atoms with van der Waals surface area (Å²) in [7, 11) is 0. The van der Waals surface area contributed by atoms with Crippen LogP contribution in [0.4, 0.5) is 9.39 Å². The third kappa shape index (κ3) is 3.76. The Balaban J connectivity index is 1.99. The van der Waals surface area contributed by atoms with Crippen molar-refractivity contribution >= 4 is 28.3 Å². The van der Waals surface area contributed by atoms with Crippen LogP contribution < -0.4 is 5.32 Å². The highest BCUT2D eigenvalue weighted by Crippen LogP contribution is 2.25. The van der Waals surface area contributed by atoms with Gasteiger partial charge in [-0.25, -0.2) is 4.39 Å². The van der Waals surface area contributed by atoms with Crippen molar-refractivity contribution in [3.8, 4) is 0 Å². The first-order valence-electron chi connectivity index (χ1n) is 5.86. The molecule has 0 bridgehead atoms. The molecular weight excluding hydrogens is 261 g/mol. The number of nitrogens with one attached hydrogen (secondary N) is 1. The first-order chi connectivity index (χ1) is 9.04. The van der Waals surface area contributed by atoms with Crippen LogP contribution >= 0.6 is 11.3 Å². The van der Waals surface area contributed by atoms with Crippen LogP contribution in [0.25, 0.3) is 6.08 Å². The minimum atomic E-state index is -0.286. The van der Waals surface area contributed by atoms with E-state index >= 15 is 0 Å². The van der Waals surface area contributed by atoms with Gasteiger partial charge in [-0.1, -0.05) is 12.1 Å². The van der Waals surface area contributed by atoms with Gasteiger partial charge in [-0.3, -0.25) is 4.79 Å². The summed E-state index contributed by atoms with van der Waals surface area (Å²) >= 11 is 1.55. The molecule has 0 aliphatic carbocycles. The van der Waals surface area contributed by atoms with Gasteiger partial charge in [-0.15, -0.1) is 11.3 Å². The van der Waals surface area contributed by atoms with Crippen LogP contribution in [-0.2, 0) is 4.79 Å². The quantitative estimate of drug-likeness (QED) is 0.837. The Morgan fingerprint density at radius 3 is 2.53 bits per heavy atom. The fourth-order valence-corrected chi connectivity index (χ4v) is 2.48. The SMILES string of the molecule is Cc1cc(NC(=O)/C=C/c2ccc(F)cc2)sc1C. The van der Waals surface area contributed by atoms with Crippen molar-refractivity contribution in [1.82, 2.24) is 0 Å². The lowest BCUT2D eigenvalue weighted by Gasteiger charge is -1.97. The Morgan fingerprint density at radius 1 is 1.26 bits per heavy atom. The second-order valence-electron chi connectivity index (χ2n) is 4.22. The molecule has 1 N–H and O–H groups in total. The summed E-state index contributed by atoms with van der Waals surface area (Å²) in [6, 6.07) is 7.92. The fraction of sp³-hybridized carbons (Fsp3) is 0.133. The number of thiophene rings is 1. The van der Waals surface area contributed by atoms with Gasteiger partial charge in [0, 0.05) is 11.0 Å². The first-order valence-corrected chi connectivity index (χ1v) is 6.68. The van der Waals surface area contributed by atoms with Crippen LogP contribution in [0.3, 0.4) is 0 Å². The lowest BCUT2D eigenvalue weighted by Crippen LogP contribution is -2.06. The number of amides is 1. The van der Waals surface area contributed by atoms with E-state index in [4.69, 9.17) is 0 Å². The van der Waals surface area contributed by atoms with E-state index in [-0.39, 0.29) is 11.7 Å². The summed E-state index contributed by atoms with van der Waals surface area (Å²) in [5.74, 6) is -0.475. The van der Waals surface area contributed by atoms with Gasteiger partial charge in [0.2, 0.25) is 5.91 Å². The molecule has 2 rings (SSSR count). The van der Waals surface area contributed by atoms with E-state index in [9.17, 15) is 9.18 Å². The van der Waals surface area contributed by atoms with Crippen molar-refractivity contribution in [1.29, 1.82) is 0 Å². The maximum absolute atomic E-state index is 12.7. The van der Waals surface area contributed by atoms with Crippen LogP contribution in [-0.4, -0.2) is 5.91 Å². The maximum Gasteiger partial charge on any atom is 0.248 e. The van der Waals surface area contributed by atoms with Gasteiger partial charge in [-0.2, -0.15) is 0 Å². The second-order valence-corrected chi connectivity index (χ2v) is 5.48. The molecule has 1 heterocycles. The van der Waals surface area contributed by atoms with Crippen LogP contribution in [0.2, 0.25) is 0 Å². The number of aryl methyl sites for hydroxylation is 2. The van der Waals surface area contributed by atoms with Gasteiger partial charge in [0.15, 0.2) is 0 Å². The van der Waals surface area contributed by atoms with E-state index in [2.05, 4.69) is 5.32 Å². The van der Waals surface area contributed by atoms with Crippen molar-refractivity contribution in [2.75, 3.05) is 5.32 Å². The molecule has 1 aromatic carbocycles. The number of benzene rings is 1. The molecule has 0 fully saturated rings. The Bertz CT molecular complexity index is 594. The molecule has 0 aliphatic heterocycles. The highest BCUT2D eigenvalue weighted by atomic mass is 32.1. The average molecular weight is 275 g/mol. The first kappa shape index (κ1) is 13.5. The molecule has 98 valence electrons. The predicted molar refractivity (Wildman–Crippen MR) is 77.9 cm³/mol. The van der Waals surface area contributed by atoms with E-state index in [0.717, 1.165) is 10.6 Å². The highest BCUT2D eigenvalue weighted by molar-refractivity contribution is 7.16. The molecule has 2 nitrogen and oxygen atoms in total. The van der Waals surface area contributed by atoms with Gasteiger partial charge in [-0.05, 0) is 49.2 Å². The molecule has 1 amide bonds. The minimum absolute atomic E-state index is 0.189. The largest absolute Gasteiger partial charge is 0.314 e. The number of hydrogen-bond acceptors (Lipinski definition) is 2. The van der Waals surface area contributed by atoms with Crippen molar-refractivity contribution < 1.29 is 9.18 Å². The topological polar surface area (TPSA) is 29.1 Å². The van der Waals surface area contributed by atoms with E-state index in [1.54, 1.807) is 29.5 Å². The Kier molecular flexibility index (Phi) is 4.12. The van der Waals surface area contributed by atoms with Gasteiger partial charge in [0.25, 0.3) is 0 Å². The number of carbonyl (C=O) groups excluding carboxylic acids is 1. The molecule has 0 radical (unpaired) electrons. The Hall–Kier alpha value is -1.94. The Labute approximate surface area is 115 Å². The zero-order chi connectivity index (χ0) is 13.8. The highest BCUT2D eigenvalue weighted by Gasteiger charge is 2.03. The molecule has 0 saturated carbocycles. The van der Waals surface area contributed by atoms with E-state index in [1.807, 2.05) is 19.9 Å². The van der Waals surface area contributed by atoms with Gasteiger partial charge >= 0.3 is 0 Å². The third-order valence-corrected chi connectivity index (χ3v) is 3.78. The molecule has 0 saturated heterocycles. The van der Waals surface area contributed by atoms with E-state index in [0.29, 0.717) is 0 Å². The lowest BCUT2D eigenvalue weighted by atomic mass is 10.2. The number of anilines is 1. The monoisotopic (exact) mass is 275 g/mol. The molecule has 0 spiro atoms. The normalized spacial score (nSPS) is 10.9. The molecule has 2 aromatic rings. The second kappa shape index (κ2) is 5.80. The third-order valence-electron chi connectivity index (χ3n) is 2.71. The van der Waals surface area contributed by atoms with Crippen LogP contribution in [0.5, 0.6) is 0 Å². The van der Waals surface area contributed by atoms with Crippen LogP contribution in [0, 0.1) is 19.7 Å². The van der Waals surface area contributed by atoms with Crippen molar-refractivity contribution in [2.45, 2.75) is 13.8 Å². The van der Waals surface area contributed by atoms with Gasteiger partial charge < -0.3 is 5.32 Å². The van der Waals surface area contributed by atoms with Crippen molar-refractivity contribution in [2.24, 2.45) is 0 Å². The number of hydrogen-bond donors (Lipinski definition) is 1. The summed E-state index contributed by atoms with van der Waals surface area (Å²) in [4.78, 5) is 12.9. The zero-order valence-corrected chi connectivity index (χ0v) is 11.6. The lowest BCUT2D eigenvalue weighted by molar-refractivity contribution is -0.111. The van der Waals surface area contributed by atoms with Gasteiger partial charge in [0.05, 0.1) is 5.00 Å². The van der Waals surface area contributed by atoms with Crippen molar-refractivity contribution in [3.63, 3.8) is 0 Å². The molecular formula is C15H14FNOS. The summed E-state index contributed by atoms with van der Waals surface area (Å²) < 4.78 is 12.7. The van der Waals surface area contributed by atoms with Crippen molar-refractivity contribution in [3.05, 3.63) is 58.2 Å². The molecule has 1 aromatic heterocycles. The predicted octanol–water partition coefficient (Wildman–Crippen LogP) is 4.16. The minimum Gasteiger partial charge on any atom is -0.314 e. The maximum atomic E-state index is 12.7. The fourth-order valence-electron chi connectivity index (χ4n) is 1.54. The number of halogens is 1. The molecule has 19 heavy (non-hydrogen) atoms. The molecule has 4 heteroatoms. The summed E-state index contributed by atoms with van der Waals surface area (Å²) in [5.41, 5.74) is 1.96. The summed E-state index contributed by atoms with van der Waals surface area (Å²) in [6.07, 6.45) is 3.10. The van der Waals surface area contributed by atoms with E-state index in [1.165, 1.54) is 28.6 Å². The average Bonchev–Trinajstić information content (AvgIpc) is 2.67. The molecule has 0 aliphatic rings. The smallest absolute Gasteiger partial charge is 0.248 e. The number of rotatable bonds is 3.